The number of piperazine rings is 1. The molecule has 1 saturated heterocycles. The fourth-order valence-electron chi connectivity index (χ4n) is 3.62. The Labute approximate surface area is 168 Å². The largest absolute Gasteiger partial charge is 0.352 e. The molecule has 4 rings (SSSR count). The summed E-state index contributed by atoms with van der Waals surface area (Å²) in [6.07, 6.45) is 1.65. The molecule has 0 aliphatic carbocycles. The topological polar surface area (TPSA) is 84.2 Å². The van der Waals surface area contributed by atoms with E-state index in [1.54, 1.807) is 23.2 Å². The third-order valence-corrected chi connectivity index (χ3v) is 5.31. The molecule has 0 unspecified atom stereocenters. The van der Waals surface area contributed by atoms with Gasteiger partial charge in [0.05, 0.1) is 11.1 Å². The average molecular weight is 392 g/mol. The summed E-state index contributed by atoms with van der Waals surface area (Å²) in [4.78, 5) is 34.4. The maximum atomic E-state index is 13.1. The van der Waals surface area contributed by atoms with Crippen molar-refractivity contribution in [2.24, 2.45) is 0 Å². The van der Waals surface area contributed by atoms with Gasteiger partial charge in [0.25, 0.3) is 5.91 Å². The molecule has 4 heterocycles. The van der Waals surface area contributed by atoms with Crippen molar-refractivity contribution in [3.8, 4) is 0 Å². The van der Waals surface area contributed by atoms with Crippen LogP contribution in [0.3, 0.4) is 0 Å². The van der Waals surface area contributed by atoms with E-state index in [9.17, 15) is 9.59 Å². The molecular formula is C21H24N6O2. The number of nitrogens with zero attached hydrogens (tertiary/aromatic N) is 6. The lowest BCUT2D eigenvalue weighted by Crippen LogP contribution is -2.50. The predicted molar refractivity (Wildman–Crippen MR) is 111 cm³/mol. The van der Waals surface area contributed by atoms with Gasteiger partial charge in [-0.25, -0.2) is 4.98 Å². The third-order valence-electron chi connectivity index (χ3n) is 5.31. The summed E-state index contributed by atoms with van der Waals surface area (Å²) in [5, 5.41) is 8.80. The predicted octanol–water partition coefficient (Wildman–Crippen LogP) is 1.79. The zero-order valence-corrected chi connectivity index (χ0v) is 16.9. The van der Waals surface area contributed by atoms with Crippen molar-refractivity contribution in [2.75, 3.05) is 31.1 Å². The molecule has 0 saturated carbocycles. The molecule has 3 aromatic rings. The molecule has 3 aromatic heterocycles. The highest BCUT2D eigenvalue weighted by molar-refractivity contribution is 5.97. The fraction of sp³-hybridized carbons (Fsp3) is 0.381. The van der Waals surface area contributed by atoms with Gasteiger partial charge < -0.3 is 14.4 Å². The van der Waals surface area contributed by atoms with Crippen molar-refractivity contribution in [1.29, 1.82) is 0 Å². The van der Waals surface area contributed by atoms with E-state index >= 15 is 0 Å². The summed E-state index contributed by atoms with van der Waals surface area (Å²) >= 11 is 0. The first kappa shape index (κ1) is 19.0. The second-order valence-electron chi connectivity index (χ2n) is 7.29. The Morgan fingerprint density at radius 1 is 1.00 bits per heavy atom. The number of rotatable bonds is 3. The van der Waals surface area contributed by atoms with Crippen LogP contribution in [0.4, 0.5) is 5.82 Å². The van der Waals surface area contributed by atoms with E-state index in [-0.39, 0.29) is 16.9 Å². The van der Waals surface area contributed by atoms with Crippen molar-refractivity contribution >= 4 is 22.8 Å². The molecule has 1 amide bonds. The molecule has 0 N–H and O–H groups in total. The zero-order chi connectivity index (χ0) is 20.5. The van der Waals surface area contributed by atoms with Crippen LogP contribution in [-0.2, 0) is 6.54 Å². The van der Waals surface area contributed by atoms with Gasteiger partial charge in [0, 0.05) is 44.6 Å². The molecule has 1 aliphatic heterocycles. The Balaban J connectivity index is 1.58. The van der Waals surface area contributed by atoms with Crippen LogP contribution in [0.1, 0.15) is 28.7 Å². The standard InChI is InChI=1S/C21H24N6O2/c1-4-25-13-17(19(28)16-7-5-14(2)22-20(16)25)21(29)27-11-9-26(10-12-27)18-8-6-15(3)23-24-18/h5-8,13H,4,9-12H2,1-3H3. The van der Waals surface area contributed by atoms with E-state index in [1.165, 1.54) is 0 Å². The smallest absolute Gasteiger partial charge is 0.259 e. The maximum absolute atomic E-state index is 13.1. The number of pyridine rings is 2. The molecule has 8 nitrogen and oxygen atoms in total. The molecule has 0 spiro atoms. The first-order chi connectivity index (χ1) is 14.0. The zero-order valence-electron chi connectivity index (χ0n) is 16.9. The molecule has 150 valence electrons. The first-order valence-corrected chi connectivity index (χ1v) is 9.83. The van der Waals surface area contributed by atoms with E-state index in [4.69, 9.17) is 0 Å². The Kier molecular flexibility index (Phi) is 5.00. The van der Waals surface area contributed by atoms with Crippen molar-refractivity contribution in [3.05, 3.63) is 57.6 Å². The fourth-order valence-corrected chi connectivity index (χ4v) is 3.62. The Bertz CT molecular complexity index is 1110. The van der Waals surface area contributed by atoms with Crippen molar-refractivity contribution in [2.45, 2.75) is 27.3 Å². The molecule has 0 atom stereocenters. The van der Waals surface area contributed by atoms with Crippen molar-refractivity contribution < 1.29 is 4.79 Å². The number of fused-ring (bicyclic) bond motifs is 1. The van der Waals surface area contributed by atoms with Crippen LogP contribution in [0.5, 0.6) is 0 Å². The van der Waals surface area contributed by atoms with E-state index < -0.39 is 0 Å². The molecule has 29 heavy (non-hydrogen) atoms. The first-order valence-electron chi connectivity index (χ1n) is 9.83. The highest BCUT2D eigenvalue weighted by Gasteiger charge is 2.26. The molecule has 8 heteroatoms. The normalized spacial score (nSPS) is 14.4. The minimum atomic E-state index is -0.256. The lowest BCUT2D eigenvalue weighted by atomic mass is 10.1. The minimum Gasteiger partial charge on any atom is -0.352 e. The van der Waals surface area contributed by atoms with Gasteiger partial charge in [0.2, 0.25) is 5.43 Å². The lowest BCUT2D eigenvalue weighted by molar-refractivity contribution is 0.0744. The number of amides is 1. The van der Waals surface area contributed by atoms with Crippen molar-refractivity contribution in [1.82, 2.24) is 24.6 Å². The van der Waals surface area contributed by atoms with Crippen LogP contribution >= 0.6 is 0 Å². The average Bonchev–Trinajstić information content (AvgIpc) is 2.74. The highest BCUT2D eigenvalue weighted by atomic mass is 16.2. The quantitative estimate of drug-likeness (QED) is 0.676. The summed E-state index contributed by atoms with van der Waals surface area (Å²) in [7, 11) is 0. The van der Waals surface area contributed by atoms with Crippen LogP contribution in [0.2, 0.25) is 0 Å². The van der Waals surface area contributed by atoms with Gasteiger partial charge >= 0.3 is 0 Å². The van der Waals surface area contributed by atoms with E-state index in [2.05, 4.69) is 20.1 Å². The summed E-state index contributed by atoms with van der Waals surface area (Å²) in [5.74, 6) is 0.581. The van der Waals surface area contributed by atoms with Crippen LogP contribution in [0, 0.1) is 13.8 Å². The number of aryl methyl sites for hydroxylation is 3. The van der Waals surface area contributed by atoms with E-state index in [0.717, 1.165) is 17.2 Å². The molecule has 0 radical (unpaired) electrons. The molecule has 0 bridgehead atoms. The number of hydrogen-bond acceptors (Lipinski definition) is 6. The number of hydrogen-bond donors (Lipinski definition) is 0. The van der Waals surface area contributed by atoms with Crippen LogP contribution in [-0.4, -0.2) is 56.7 Å². The Hall–Kier alpha value is -3.29. The second kappa shape index (κ2) is 7.62. The minimum absolute atomic E-state index is 0.202. The van der Waals surface area contributed by atoms with Crippen LogP contribution in [0.15, 0.2) is 35.3 Å². The monoisotopic (exact) mass is 392 g/mol. The summed E-state index contributed by atoms with van der Waals surface area (Å²) in [5.41, 5.74) is 2.28. The van der Waals surface area contributed by atoms with E-state index in [1.807, 2.05) is 37.5 Å². The summed E-state index contributed by atoms with van der Waals surface area (Å²) in [6, 6.07) is 7.44. The Morgan fingerprint density at radius 3 is 2.38 bits per heavy atom. The molecular weight excluding hydrogens is 368 g/mol. The van der Waals surface area contributed by atoms with Crippen LogP contribution in [0.25, 0.3) is 11.0 Å². The SMILES string of the molecule is CCn1cc(C(=O)N2CCN(c3ccc(C)nn3)CC2)c(=O)c2ccc(C)nc21. The van der Waals surface area contributed by atoms with Gasteiger partial charge in [-0.15, -0.1) is 5.10 Å². The van der Waals surface area contributed by atoms with Gasteiger partial charge in [-0.2, -0.15) is 5.10 Å². The summed E-state index contributed by atoms with van der Waals surface area (Å²) in [6.45, 7) is 8.77. The lowest BCUT2D eigenvalue weighted by Gasteiger charge is -2.35. The number of anilines is 1. The number of aromatic nitrogens is 4. The van der Waals surface area contributed by atoms with E-state index in [0.29, 0.717) is 43.8 Å². The highest BCUT2D eigenvalue weighted by Crippen LogP contribution is 2.16. The van der Waals surface area contributed by atoms with Crippen LogP contribution < -0.4 is 10.3 Å². The van der Waals surface area contributed by atoms with Gasteiger partial charge in [0.15, 0.2) is 5.82 Å². The molecule has 1 fully saturated rings. The van der Waals surface area contributed by atoms with Gasteiger partial charge in [-0.05, 0) is 45.0 Å². The molecule has 0 aromatic carbocycles. The summed E-state index contributed by atoms with van der Waals surface area (Å²) < 4.78 is 1.87. The maximum Gasteiger partial charge on any atom is 0.259 e. The number of carbonyl (C=O) groups is 1. The molecule has 1 aliphatic rings. The number of carbonyl (C=O) groups excluding carboxylic acids is 1. The van der Waals surface area contributed by atoms with Crippen molar-refractivity contribution in [3.63, 3.8) is 0 Å². The Morgan fingerprint density at radius 2 is 1.72 bits per heavy atom. The second-order valence-corrected chi connectivity index (χ2v) is 7.29. The van der Waals surface area contributed by atoms with Gasteiger partial charge in [0.1, 0.15) is 11.2 Å². The van der Waals surface area contributed by atoms with Gasteiger partial charge in [-0.3, -0.25) is 9.59 Å². The third kappa shape index (κ3) is 3.57. The van der Waals surface area contributed by atoms with Gasteiger partial charge in [-0.1, -0.05) is 0 Å².